The minimum absolute atomic E-state index is 0.00464. The molecule has 1 aliphatic carbocycles. The van der Waals surface area contributed by atoms with Crippen LogP contribution in [-0.4, -0.2) is 99.6 Å². The molecule has 2 aromatic carbocycles. The molecule has 0 radical (unpaired) electrons. The van der Waals surface area contributed by atoms with Crippen LogP contribution in [0.15, 0.2) is 42.5 Å². The molecule has 1 atom stereocenters. The Bertz CT molecular complexity index is 2460. The molecule has 13 nitrogen and oxygen atoms in total. The van der Waals surface area contributed by atoms with E-state index in [0.717, 1.165) is 24.1 Å². The number of hydrogen-bond donors (Lipinski definition) is 1. The first-order valence-electron chi connectivity index (χ1n) is 19.3. The lowest BCUT2D eigenvalue weighted by Gasteiger charge is -2.65. The van der Waals surface area contributed by atoms with Gasteiger partial charge in [-0.05, 0) is 48.7 Å². The second kappa shape index (κ2) is 13.4. The highest BCUT2D eigenvalue weighted by atomic mass is 35.5. The van der Waals surface area contributed by atoms with E-state index in [-0.39, 0.29) is 59.7 Å². The first kappa shape index (κ1) is 37.7. The third-order valence-corrected chi connectivity index (χ3v) is 13.0. The summed E-state index contributed by atoms with van der Waals surface area (Å²) in [6, 6.07) is 12.1. The van der Waals surface area contributed by atoms with Crippen molar-refractivity contribution < 1.29 is 33.1 Å². The molecule has 1 aromatic heterocycles. The molecule has 58 heavy (non-hydrogen) atoms. The Hall–Kier alpha value is -5.83. The van der Waals surface area contributed by atoms with Gasteiger partial charge in [0.15, 0.2) is 0 Å². The zero-order chi connectivity index (χ0) is 41.0. The monoisotopic (exact) mass is 803 g/mol. The van der Waals surface area contributed by atoms with Crippen LogP contribution in [0.4, 0.5) is 10.1 Å². The second-order valence-electron chi connectivity index (χ2n) is 17.2. The van der Waals surface area contributed by atoms with Crippen molar-refractivity contribution in [2.24, 2.45) is 16.7 Å². The molecule has 3 aromatic rings. The van der Waals surface area contributed by atoms with Crippen molar-refractivity contribution in [2.45, 2.75) is 71.3 Å². The fourth-order valence-corrected chi connectivity index (χ4v) is 10.4. The van der Waals surface area contributed by atoms with E-state index in [1.165, 1.54) is 6.07 Å². The number of hydrogen-bond acceptors (Lipinski definition) is 10. The maximum atomic E-state index is 15.3. The molecule has 0 spiro atoms. The first-order valence-corrected chi connectivity index (χ1v) is 19.7. The van der Waals surface area contributed by atoms with Gasteiger partial charge in [-0.1, -0.05) is 45.2 Å². The smallest absolute Gasteiger partial charge is 0.262 e. The molecule has 0 bridgehead atoms. The number of nitriles is 1. The molecule has 1 saturated carbocycles. The number of amides is 5. The van der Waals surface area contributed by atoms with Gasteiger partial charge in [-0.2, -0.15) is 5.26 Å². The van der Waals surface area contributed by atoms with E-state index in [4.69, 9.17) is 21.3 Å². The number of anilines is 1. The van der Waals surface area contributed by atoms with E-state index in [0.29, 0.717) is 52.9 Å². The van der Waals surface area contributed by atoms with Gasteiger partial charge in [-0.25, -0.2) is 9.37 Å². The Kier molecular flexibility index (Phi) is 8.69. The van der Waals surface area contributed by atoms with Crippen LogP contribution in [-0.2, 0) is 16.1 Å². The Morgan fingerprint density at radius 3 is 2.29 bits per heavy atom. The summed E-state index contributed by atoms with van der Waals surface area (Å²) in [4.78, 5) is 75.7. The van der Waals surface area contributed by atoms with E-state index < -0.39 is 46.3 Å². The molecule has 296 valence electrons. The number of imide groups is 2. The van der Waals surface area contributed by atoms with Crippen LogP contribution in [0.5, 0.6) is 5.75 Å². The molecule has 5 amide bonds. The van der Waals surface area contributed by atoms with Gasteiger partial charge < -0.3 is 14.5 Å². The number of nitrogens with zero attached hydrogens (tertiary/aromatic N) is 6. The highest BCUT2D eigenvalue weighted by molar-refractivity contribution is 6.31. The number of ether oxygens (including phenoxy) is 1. The first-order chi connectivity index (χ1) is 27.6. The predicted octanol–water partition coefficient (Wildman–Crippen LogP) is 4.16. The number of pyridine rings is 1. The van der Waals surface area contributed by atoms with Crippen LogP contribution < -0.4 is 15.0 Å². The van der Waals surface area contributed by atoms with Gasteiger partial charge in [-0.15, -0.1) is 0 Å². The summed E-state index contributed by atoms with van der Waals surface area (Å²) in [6.07, 6.45) is -0.187. The SMILES string of the molecule is CC1(C)C(Oc2ccc(C#N)c(Cl)c2)C(C)(C)C1N1Cc2nc(C#CC3CN(C4CN(c5cc6c(cc5F)C(=O)N(C5CCC(=O)NC5=O)C6=O)C4)C3)ccc2C1=O. The van der Waals surface area contributed by atoms with Gasteiger partial charge in [0.05, 0.1) is 45.2 Å². The molecule has 6 aliphatic rings. The molecule has 9 rings (SSSR count). The molecule has 1 N–H and O–H groups in total. The Balaban J connectivity index is 0.793. The van der Waals surface area contributed by atoms with Gasteiger partial charge in [-0.3, -0.25) is 39.1 Å². The van der Waals surface area contributed by atoms with Gasteiger partial charge in [0.25, 0.3) is 17.7 Å². The van der Waals surface area contributed by atoms with E-state index in [2.05, 4.69) is 55.8 Å². The number of piperidine rings is 1. The average molecular weight is 804 g/mol. The summed E-state index contributed by atoms with van der Waals surface area (Å²) in [6.45, 7) is 11.3. The van der Waals surface area contributed by atoms with E-state index in [9.17, 15) is 29.2 Å². The van der Waals surface area contributed by atoms with Crippen molar-refractivity contribution in [1.82, 2.24) is 25.0 Å². The third kappa shape index (κ3) is 5.84. The van der Waals surface area contributed by atoms with Crippen molar-refractivity contribution in [3.63, 3.8) is 0 Å². The number of aromatic nitrogens is 1. The maximum Gasteiger partial charge on any atom is 0.262 e. The van der Waals surface area contributed by atoms with E-state index in [1.54, 1.807) is 24.3 Å². The summed E-state index contributed by atoms with van der Waals surface area (Å²) < 4.78 is 21.7. The maximum absolute atomic E-state index is 15.3. The quantitative estimate of drug-likeness (QED) is 0.284. The van der Waals surface area contributed by atoms with Crippen LogP contribution in [0.1, 0.15) is 88.6 Å². The molecule has 6 heterocycles. The fraction of sp³-hybridized carbons (Fsp3) is 0.419. The normalized spacial score (nSPS) is 24.9. The predicted molar refractivity (Wildman–Crippen MR) is 207 cm³/mol. The topological polar surface area (TPSA) is 156 Å². The Labute approximate surface area is 339 Å². The molecular formula is C43H39ClFN7O6. The summed E-state index contributed by atoms with van der Waals surface area (Å²) in [7, 11) is 0. The lowest BCUT2D eigenvalue weighted by Crippen LogP contribution is -2.74. The number of fused-ring (bicyclic) bond motifs is 2. The lowest BCUT2D eigenvalue weighted by molar-refractivity contribution is -0.199. The molecule has 1 unspecified atom stereocenters. The van der Waals surface area contributed by atoms with E-state index in [1.807, 2.05) is 15.9 Å². The van der Waals surface area contributed by atoms with Gasteiger partial charge >= 0.3 is 0 Å². The zero-order valence-electron chi connectivity index (χ0n) is 32.3. The minimum Gasteiger partial charge on any atom is -0.489 e. The summed E-state index contributed by atoms with van der Waals surface area (Å²) in [5.41, 5.74) is 1.65. The largest absolute Gasteiger partial charge is 0.489 e. The number of nitrogens with one attached hydrogen (secondary N) is 1. The molecule has 5 aliphatic heterocycles. The van der Waals surface area contributed by atoms with Crippen molar-refractivity contribution >= 4 is 46.8 Å². The minimum atomic E-state index is -1.11. The number of carbonyl (C=O) groups excluding carboxylic acids is 5. The summed E-state index contributed by atoms with van der Waals surface area (Å²) in [5, 5.41) is 11.7. The molecular weight excluding hydrogens is 765 g/mol. The second-order valence-corrected chi connectivity index (χ2v) is 17.6. The number of benzene rings is 2. The van der Waals surface area contributed by atoms with Crippen LogP contribution in [0.25, 0.3) is 0 Å². The number of carbonyl (C=O) groups is 5. The highest BCUT2D eigenvalue weighted by Gasteiger charge is 2.67. The number of halogens is 2. The van der Waals surface area contributed by atoms with Crippen LogP contribution in [0.3, 0.4) is 0 Å². The highest BCUT2D eigenvalue weighted by Crippen LogP contribution is 2.59. The summed E-state index contributed by atoms with van der Waals surface area (Å²) >= 11 is 6.27. The van der Waals surface area contributed by atoms with Gasteiger partial charge in [0.1, 0.15) is 35.5 Å². The van der Waals surface area contributed by atoms with Crippen LogP contribution in [0, 0.1) is 45.7 Å². The molecule has 15 heteroatoms. The lowest BCUT2D eigenvalue weighted by atomic mass is 9.49. The average Bonchev–Trinajstić information content (AvgIpc) is 3.57. The summed E-state index contributed by atoms with van der Waals surface area (Å²) in [5.74, 6) is 3.97. The van der Waals surface area contributed by atoms with Crippen molar-refractivity contribution in [2.75, 3.05) is 31.1 Å². The number of likely N-dealkylation sites (tertiary alicyclic amines) is 1. The third-order valence-electron chi connectivity index (χ3n) is 12.7. The molecule has 4 fully saturated rings. The fourth-order valence-electron chi connectivity index (χ4n) is 10.2. The zero-order valence-corrected chi connectivity index (χ0v) is 33.0. The number of rotatable bonds is 6. The Morgan fingerprint density at radius 2 is 1.62 bits per heavy atom. The van der Waals surface area contributed by atoms with Crippen molar-refractivity contribution in [3.8, 4) is 23.7 Å². The van der Waals surface area contributed by atoms with Gasteiger partial charge in [0.2, 0.25) is 11.8 Å². The van der Waals surface area contributed by atoms with Crippen molar-refractivity contribution in [1.29, 1.82) is 5.26 Å². The van der Waals surface area contributed by atoms with Crippen LogP contribution >= 0.6 is 11.6 Å². The van der Waals surface area contributed by atoms with Crippen LogP contribution in [0.2, 0.25) is 5.02 Å². The van der Waals surface area contributed by atoms with Gasteiger partial charge in [0, 0.05) is 67.5 Å². The molecule has 3 saturated heterocycles. The van der Waals surface area contributed by atoms with Crippen molar-refractivity contribution in [3.05, 3.63) is 86.9 Å². The van der Waals surface area contributed by atoms with E-state index >= 15 is 4.39 Å². The standard InChI is InChI=1S/C43H39ClFN7O6/c1-42(2)40(43(3,4)41(42)58-26-9-6-23(16-46)30(44)13-26)51-21-32-27(37(51)55)10-8-24(47-32)7-5-22-17-49(18-22)25-19-50(20-25)34-15-29-28(14-31(34)45)38(56)52(39(29)57)33-11-12-35(53)48-36(33)54/h6,8-10,13-15,22,25,33,40-41H,11-12,17-21H2,1-4H3,(H,48,53,54). The Morgan fingerprint density at radius 1 is 0.914 bits per heavy atom.